The quantitative estimate of drug-likeness (QED) is 0.0663. The third-order valence-electron chi connectivity index (χ3n) is 11.7. The molecule has 3 aliphatic rings. The number of fused-ring (bicyclic) bond motifs is 3. The van der Waals surface area contributed by atoms with Crippen LogP contribution in [0.3, 0.4) is 0 Å². The maximum Gasteiger partial charge on any atom is 0.207 e. The number of likely N-dealkylation sites (N-methyl/N-ethyl adjacent to an activating group) is 1. The van der Waals surface area contributed by atoms with Gasteiger partial charge >= 0.3 is 0 Å². The van der Waals surface area contributed by atoms with Crippen LogP contribution in [0.15, 0.2) is 47.5 Å². The summed E-state index contributed by atoms with van der Waals surface area (Å²) >= 11 is 0. The second-order valence-corrected chi connectivity index (χ2v) is 15.9. The van der Waals surface area contributed by atoms with E-state index in [9.17, 15) is 25.2 Å². The van der Waals surface area contributed by atoms with Gasteiger partial charge in [0.05, 0.1) is 18.9 Å². The molecule has 2 bridgehead atoms. The molecule has 2 aromatic rings. The first-order valence-corrected chi connectivity index (χ1v) is 20.4. The monoisotopic (exact) mass is 789 g/mol. The zero-order valence-electron chi connectivity index (χ0n) is 34.0. The molecule has 0 saturated heterocycles. The number of anilines is 1. The molecule has 312 valence electrons. The standard InChI is InChI=1S/C44H63N5O8/c1-30(51)28-48-40(16-21-50)56-22-17-31-15-19-43(26-31,29-45-2)57-38-24-32-9-5-6-12-39(53)44(27-33-13-14-36(52)37(25-33)55-4)18-7-10-34(44)11-8-20-47-42(46-3)49-35(23-32)41(38)54/h6,12-14,23-25,30-31,34,40,45,48,50-52,54H,5,7,9-11,15-19,21-22,26-29H2,1-4H3,(H2,46,47,49)/b12-6+/t30-,31+,34-,40+,43+,44+/m0/s1. The number of carbonyl (C=O) groups is 1. The smallest absolute Gasteiger partial charge is 0.207 e. The number of rotatable bonds is 16. The lowest BCUT2D eigenvalue weighted by Gasteiger charge is -2.33. The van der Waals surface area contributed by atoms with Crippen LogP contribution in [0.1, 0.15) is 82.3 Å². The van der Waals surface area contributed by atoms with Crippen molar-refractivity contribution < 1.29 is 39.4 Å². The Labute approximate surface area is 337 Å². The van der Waals surface area contributed by atoms with Gasteiger partial charge in [-0.15, -0.1) is 0 Å². The minimum absolute atomic E-state index is 0.0115. The first kappa shape index (κ1) is 43.8. The van der Waals surface area contributed by atoms with Crippen molar-refractivity contribution in [3.63, 3.8) is 0 Å². The molecule has 0 aromatic heterocycles. The van der Waals surface area contributed by atoms with Gasteiger partial charge in [0, 0.05) is 57.7 Å². The van der Waals surface area contributed by atoms with Crippen LogP contribution in [-0.2, 0) is 22.4 Å². The lowest BCUT2D eigenvalue weighted by atomic mass is 9.69. The molecule has 6 atom stereocenters. The highest BCUT2D eigenvalue weighted by molar-refractivity contribution is 5.97. The Morgan fingerprint density at radius 3 is 2.74 bits per heavy atom. The Balaban J connectivity index is 1.35. The van der Waals surface area contributed by atoms with Gasteiger partial charge in [0.25, 0.3) is 0 Å². The molecular weight excluding hydrogens is 727 g/mol. The van der Waals surface area contributed by atoms with Crippen LogP contribution in [0.25, 0.3) is 0 Å². The third-order valence-corrected chi connectivity index (χ3v) is 11.7. The highest BCUT2D eigenvalue weighted by Gasteiger charge is 2.47. The van der Waals surface area contributed by atoms with Gasteiger partial charge in [0.15, 0.2) is 28.8 Å². The number of aryl methyl sites for hydroxylation is 1. The minimum atomic E-state index is -0.638. The summed E-state index contributed by atoms with van der Waals surface area (Å²) in [5.41, 5.74) is 1.08. The number of hydrogen-bond donors (Lipinski definition) is 8. The van der Waals surface area contributed by atoms with Gasteiger partial charge in [-0.25, -0.2) is 0 Å². The number of nitrogens with zero attached hydrogens (tertiary/aromatic N) is 1. The van der Waals surface area contributed by atoms with Gasteiger partial charge in [0.2, 0.25) is 5.96 Å². The number of guanidine groups is 1. The predicted molar refractivity (Wildman–Crippen MR) is 222 cm³/mol. The molecular formula is C44H63N5O8. The second kappa shape index (κ2) is 20.9. The molecule has 1 heterocycles. The Kier molecular flexibility index (Phi) is 16.1. The average Bonchev–Trinajstić information content (AvgIpc) is 3.79. The first-order valence-electron chi connectivity index (χ1n) is 20.4. The van der Waals surface area contributed by atoms with E-state index in [1.807, 2.05) is 37.4 Å². The minimum Gasteiger partial charge on any atom is -0.504 e. The topological polar surface area (TPSA) is 186 Å². The maximum atomic E-state index is 14.3. The molecule has 0 radical (unpaired) electrons. The van der Waals surface area contributed by atoms with Crippen molar-refractivity contribution in [2.24, 2.45) is 22.2 Å². The fraction of sp³-hybridized carbons (Fsp3) is 0.591. The van der Waals surface area contributed by atoms with Crippen molar-refractivity contribution in [3.8, 4) is 35.0 Å². The number of aliphatic imine (C=N–C) groups is 1. The number of phenols is 2. The fourth-order valence-electron chi connectivity index (χ4n) is 8.75. The summed E-state index contributed by atoms with van der Waals surface area (Å²) in [6.45, 7) is 3.17. The van der Waals surface area contributed by atoms with Crippen molar-refractivity contribution in [2.75, 3.05) is 52.8 Å². The Morgan fingerprint density at radius 2 is 1.98 bits per heavy atom. The summed E-state index contributed by atoms with van der Waals surface area (Å²) in [6.07, 6.45) is 11.4. The van der Waals surface area contributed by atoms with E-state index in [0.29, 0.717) is 80.9 Å². The zero-order valence-corrected chi connectivity index (χ0v) is 34.0. The number of carbonyl (C=O) groups excluding carboxylic acids is 1. The average molecular weight is 790 g/mol. The summed E-state index contributed by atoms with van der Waals surface area (Å²) in [4.78, 5) is 18.6. The molecule has 13 nitrogen and oxygen atoms in total. The van der Waals surface area contributed by atoms with Gasteiger partial charge in [-0.05, 0) is 125 Å². The molecule has 2 saturated carbocycles. The number of hydrogen-bond acceptors (Lipinski definition) is 11. The van der Waals surface area contributed by atoms with Crippen LogP contribution >= 0.6 is 0 Å². The van der Waals surface area contributed by atoms with Gasteiger partial charge < -0.3 is 45.3 Å². The van der Waals surface area contributed by atoms with E-state index in [2.05, 4.69) is 38.2 Å². The number of ether oxygens (including phenoxy) is 3. The number of benzene rings is 2. The maximum absolute atomic E-state index is 14.3. The Morgan fingerprint density at radius 1 is 1.14 bits per heavy atom. The van der Waals surface area contributed by atoms with Crippen molar-refractivity contribution in [2.45, 2.75) is 102 Å². The van der Waals surface area contributed by atoms with Crippen LogP contribution in [0, 0.1) is 29.2 Å². The van der Waals surface area contributed by atoms with Gasteiger partial charge in [-0.2, -0.15) is 0 Å². The van der Waals surface area contributed by atoms with Crippen LogP contribution in [-0.4, -0.2) is 97.6 Å². The van der Waals surface area contributed by atoms with Gasteiger partial charge in [-0.3, -0.25) is 20.4 Å². The molecule has 0 spiro atoms. The number of phenolic OH excluding ortho intramolecular Hbond substituents is 2. The van der Waals surface area contributed by atoms with E-state index in [-0.39, 0.29) is 36.0 Å². The fourth-order valence-corrected chi connectivity index (χ4v) is 8.75. The summed E-state index contributed by atoms with van der Waals surface area (Å²) in [5, 5.41) is 53.8. The second-order valence-electron chi connectivity index (χ2n) is 15.9. The number of aliphatic hydroxyl groups is 2. The van der Waals surface area contributed by atoms with Crippen LogP contribution in [0.2, 0.25) is 0 Å². The normalized spacial score (nSPS) is 26.1. The molecule has 57 heavy (non-hydrogen) atoms. The number of aromatic hydroxyl groups is 2. The predicted octanol–water partition coefficient (Wildman–Crippen LogP) is 4.77. The highest BCUT2D eigenvalue weighted by Crippen LogP contribution is 2.49. The van der Waals surface area contributed by atoms with E-state index in [4.69, 9.17) is 14.2 Å². The van der Waals surface area contributed by atoms with E-state index in [1.54, 1.807) is 26.1 Å². The molecule has 8 N–H and O–H groups in total. The van der Waals surface area contributed by atoms with E-state index in [1.165, 1.54) is 7.11 Å². The number of nitrogens with one attached hydrogen (secondary N) is 4. The number of allylic oxidation sites excluding steroid dienone is 2. The lowest BCUT2D eigenvalue weighted by Crippen LogP contribution is -2.43. The van der Waals surface area contributed by atoms with Crippen molar-refractivity contribution in [3.05, 3.63) is 53.6 Å². The molecule has 0 unspecified atom stereocenters. The number of ketones is 1. The van der Waals surface area contributed by atoms with Gasteiger partial charge in [0.1, 0.15) is 11.8 Å². The molecule has 5 rings (SSSR count). The van der Waals surface area contributed by atoms with Gasteiger partial charge in [-0.1, -0.05) is 24.5 Å². The zero-order chi connectivity index (χ0) is 40.8. The van der Waals surface area contributed by atoms with Crippen LogP contribution < -0.4 is 30.7 Å². The number of methoxy groups -OCH3 is 1. The molecule has 2 aromatic carbocycles. The Bertz CT molecular complexity index is 1770. The molecule has 2 fully saturated rings. The lowest BCUT2D eigenvalue weighted by molar-refractivity contribution is -0.125. The van der Waals surface area contributed by atoms with Crippen molar-refractivity contribution in [1.82, 2.24) is 16.0 Å². The van der Waals surface area contributed by atoms with Crippen molar-refractivity contribution >= 4 is 17.4 Å². The molecule has 13 heteroatoms. The Hall–Kier alpha value is -4.32. The molecule has 0 amide bonds. The number of aliphatic hydroxyl groups excluding tert-OH is 2. The highest BCUT2D eigenvalue weighted by atomic mass is 16.5. The van der Waals surface area contributed by atoms with E-state index in [0.717, 1.165) is 56.1 Å². The van der Waals surface area contributed by atoms with Crippen LogP contribution in [0.5, 0.6) is 23.0 Å². The largest absolute Gasteiger partial charge is 0.504 e. The first-order chi connectivity index (χ1) is 27.5. The molecule has 2 aliphatic carbocycles. The summed E-state index contributed by atoms with van der Waals surface area (Å²) in [5.74, 6) is 4.86. The van der Waals surface area contributed by atoms with Crippen LogP contribution in [0.4, 0.5) is 5.69 Å². The van der Waals surface area contributed by atoms with E-state index < -0.39 is 17.1 Å². The summed E-state index contributed by atoms with van der Waals surface area (Å²) in [7, 11) is 5.07. The summed E-state index contributed by atoms with van der Waals surface area (Å²) < 4.78 is 18.3. The molecule has 1 aliphatic heterocycles. The van der Waals surface area contributed by atoms with E-state index >= 15 is 0 Å². The SMILES string of the molecule is CN=C1NC#CC[C@@H]2CCC[C@]2(Cc2ccc(O)c(OC)c2)C(=O)/C=C/CCc2cc(c(O)c(O[C@]3(CNC)CC[C@H](CCO[C@H](CCO)NC[C@H](C)O)C3)c2)N1. The van der Waals surface area contributed by atoms with Crippen molar-refractivity contribution in [1.29, 1.82) is 0 Å². The summed E-state index contributed by atoms with van der Waals surface area (Å²) in [6, 6.07) is 12.1. The third kappa shape index (κ3) is 11.6.